The van der Waals surface area contributed by atoms with Gasteiger partial charge in [0.05, 0.1) is 0 Å². The van der Waals surface area contributed by atoms with Gasteiger partial charge >= 0.3 is 0 Å². The van der Waals surface area contributed by atoms with E-state index in [4.69, 9.17) is 0 Å². The van der Waals surface area contributed by atoms with E-state index in [1.165, 1.54) is 22.5 Å². The number of nitrogens with one attached hydrogen (secondary N) is 1. The number of fused-ring (bicyclic) bond motifs is 1. The Morgan fingerprint density at radius 3 is 2.72 bits per heavy atom. The monoisotopic (exact) mass is 238 g/mol. The molecule has 0 spiro atoms. The fourth-order valence-electron chi connectivity index (χ4n) is 2.57. The van der Waals surface area contributed by atoms with E-state index < -0.39 is 0 Å². The standard InChI is InChI=1S/C16H18N2/c1-18(15-8-3-2-4-9-15)12-14-7-5-6-13-10-11-17-16(13)14/h2-9,17H,10-12H2,1H3. The molecule has 0 saturated carbocycles. The van der Waals surface area contributed by atoms with Crippen LogP contribution in [-0.4, -0.2) is 13.6 Å². The van der Waals surface area contributed by atoms with Gasteiger partial charge in [-0.3, -0.25) is 0 Å². The van der Waals surface area contributed by atoms with E-state index in [0.29, 0.717) is 0 Å². The fourth-order valence-corrected chi connectivity index (χ4v) is 2.57. The highest BCUT2D eigenvalue weighted by Crippen LogP contribution is 2.28. The van der Waals surface area contributed by atoms with E-state index in [0.717, 1.165) is 19.5 Å². The number of rotatable bonds is 3. The Balaban J connectivity index is 1.83. The highest BCUT2D eigenvalue weighted by Gasteiger charge is 2.14. The Morgan fingerprint density at radius 2 is 1.89 bits per heavy atom. The van der Waals surface area contributed by atoms with E-state index >= 15 is 0 Å². The molecule has 0 bridgehead atoms. The average molecular weight is 238 g/mol. The molecule has 0 radical (unpaired) electrons. The molecule has 2 aromatic carbocycles. The van der Waals surface area contributed by atoms with Gasteiger partial charge in [0.15, 0.2) is 0 Å². The van der Waals surface area contributed by atoms with Crippen LogP contribution >= 0.6 is 0 Å². The molecule has 0 aromatic heterocycles. The molecule has 0 unspecified atom stereocenters. The van der Waals surface area contributed by atoms with Crippen molar-refractivity contribution < 1.29 is 0 Å². The molecule has 2 heteroatoms. The second-order valence-corrected chi connectivity index (χ2v) is 4.82. The summed E-state index contributed by atoms with van der Waals surface area (Å²) in [4.78, 5) is 2.29. The number of hydrogen-bond acceptors (Lipinski definition) is 2. The molecular formula is C16H18N2. The van der Waals surface area contributed by atoms with E-state index in [2.05, 4.69) is 65.8 Å². The lowest BCUT2D eigenvalue weighted by molar-refractivity contribution is 0.924. The Morgan fingerprint density at radius 1 is 1.06 bits per heavy atom. The molecule has 1 heterocycles. The van der Waals surface area contributed by atoms with Gasteiger partial charge in [-0.05, 0) is 29.7 Å². The zero-order valence-electron chi connectivity index (χ0n) is 10.7. The zero-order chi connectivity index (χ0) is 12.4. The highest BCUT2D eigenvalue weighted by molar-refractivity contribution is 5.62. The van der Waals surface area contributed by atoms with Crippen molar-refractivity contribution in [2.75, 3.05) is 23.8 Å². The molecule has 2 nitrogen and oxygen atoms in total. The normalized spacial score (nSPS) is 12.9. The number of hydrogen-bond donors (Lipinski definition) is 1. The van der Waals surface area contributed by atoms with Crippen LogP contribution in [0.25, 0.3) is 0 Å². The van der Waals surface area contributed by atoms with Crippen molar-refractivity contribution in [1.29, 1.82) is 0 Å². The number of benzene rings is 2. The first-order valence-electron chi connectivity index (χ1n) is 6.45. The SMILES string of the molecule is CN(Cc1cccc2c1NCC2)c1ccccc1. The van der Waals surface area contributed by atoms with Gasteiger partial charge in [-0.15, -0.1) is 0 Å². The van der Waals surface area contributed by atoms with Gasteiger partial charge in [0.25, 0.3) is 0 Å². The van der Waals surface area contributed by atoms with Crippen LogP contribution in [-0.2, 0) is 13.0 Å². The molecule has 2 aromatic rings. The molecule has 1 aliphatic heterocycles. The van der Waals surface area contributed by atoms with Gasteiger partial charge in [-0.25, -0.2) is 0 Å². The average Bonchev–Trinajstić information content (AvgIpc) is 2.89. The van der Waals surface area contributed by atoms with Crippen LogP contribution in [0.2, 0.25) is 0 Å². The van der Waals surface area contributed by atoms with Crippen LogP contribution in [0.3, 0.4) is 0 Å². The van der Waals surface area contributed by atoms with E-state index in [1.54, 1.807) is 0 Å². The van der Waals surface area contributed by atoms with Crippen molar-refractivity contribution in [3.8, 4) is 0 Å². The summed E-state index contributed by atoms with van der Waals surface area (Å²) in [5, 5.41) is 3.50. The minimum Gasteiger partial charge on any atom is -0.384 e. The van der Waals surface area contributed by atoms with Crippen LogP contribution in [0.5, 0.6) is 0 Å². The number of nitrogens with zero attached hydrogens (tertiary/aromatic N) is 1. The maximum atomic E-state index is 3.50. The van der Waals surface area contributed by atoms with Crippen molar-refractivity contribution in [2.24, 2.45) is 0 Å². The minimum atomic E-state index is 0.945. The molecule has 1 aliphatic rings. The molecule has 0 aliphatic carbocycles. The lowest BCUT2D eigenvalue weighted by Gasteiger charge is -2.21. The number of anilines is 2. The van der Waals surface area contributed by atoms with Gasteiger partial charge in [0, 0.05) is 31.5 Å². The first-order valence-corrected chi connectivity index (χ1v) is 6.45. The van der Waals surface area contributed by atoms with E-state index in [9.17, 15) is 0 Å². The van der Waals surface area contributed by atoms with Crippen molar-refractivity contribution in [2.45, 2.75) is 13.0 Å². The van der Waals surface area contributed by atoms with Gasteiger partial charge in [0.2, 0.25) is 0 Å². The lowest BCUT2D eigenvalue weighted by Crippen LogP contribution is -2.17. The summed E-state index contributed by atoms with van der Waals surface area (Å²) in [6.45, 7) is 2.02. The molecular weight excluding hydrogens is 220 g/mol. The molecule has 18 heavy (non-hydrogen) atoms. The molecule has 0 amide bonds. The predicted molar refractivity (Wildman–Crippen MR) is 77.2 cm³/mol. The summed E-state index contributed by atoms with van der Waals surface area (Å²) < 4.78 is 0. The fraction of sp³-hybridized carbons (Fsp3) is 0.250. The Kier molecular flexibility index (Phi) is 2.93. The van der Waals surface area contributed by atoms with Crippen LogP contribution in [0, 0.1) is 0 Å². The summed E-state index contributed by atoms with van der Waals surface area (Å²) in [7, 11) is 2.14. The summed E-state index contributed by atoms with van der Waals surface area (Å²) in [6, 6.07) is 17.1. The first kappa shape index (κ1) is 11.1. The predicted octanol–water partition coefficient (Wildman–Crippen LogP) is 3.29. The maximum absolute atomic E-state index is 3.50. The molecule has 92 valence electrons. The van der Waals surface area contributed by atoms with Gasteiger partial charge in [-0.2, -0.15) is 0 Å². The van der Waals surface area contributed by atoms with Crippen molar-refractivity contribution in [1.82, 2.24) is 0 Å². The van der Waals surface area contributed by atoms with Crippen molar-refractivity contribution in [3.63, 3.8) is 0 Å². The highest BCUT2D eigenvalue weighted by atomic mass is 15.1. The molecule has 0 fully saturated rings. The molecule has 0 saturated heterocycles. The third-order valence-corrected chi connectivity index (χ3v) is 3.54. The van der Waals surface area contributed by atoms with E-state index in [-0.39, 0.29) is 0 Å². The minimum absolute atomic E-state index is 0.945. The van der Waals surface area contributed by atoms with Crippen LogP contribution in [0.1, 0.15) is 11.1 Å². The van der Waals surface area contributed by atoms with Gasteiger partial charge < -0.3 is 10.2 Å². The Hall–Kier alpha value is -1.96. The molecule has 3 rings (SSSR count). The van der Waals surface area contributed by atoms with Crippen LogP contribution in [0.15, 0.2) is 48.5 Å². The molecule has 1 N–H and O–H groups in total. The zero-order valence-corrected chi connectivity index (χ0v) is 10.7. The Bertz CT molecular complexity index is 534. The van der Waals surface area contributed by atoms with Gasteiger partial charge in [-0.1, -0.05) is 36.4 Å². The third-order valence-electron chi connectivity index (χ3n) is 3.54. The summed E-state index contributed by atoms with van der Waals surface area (Å²) in [5.41, 5.74) is 5.44. The summed E-state index contributed by atoms with van der Waals surface area (Å²) >= 11 is 0. The third kappa shape index (κ3) is 2.06. The van der Waals surface area contributed by atoms with Gasteiger partial charge in [0.1, 0.15) is 0 Å². The second kappa shape index (κ2) is 4.73. The largest absolute Gasteiger partial charge is 0.384 e. The van der Waals surface area contributed by atoms with Crippen LogP contribution in [0.4, 0.5) is 11.4 Å². The Labute approximate surface area is 108 Å². The van der Waals surface area contributed by atoms with Crippen LogP contribution < -0.4 is 10.2 Å². The maximum Gasteiger partial charge on any atom is 0.0446 e. The summed E-state index contributed by atoms with van der Waals surface area (Å²) in [5.74, 6) is 0. The van der Waals surface area contributed by atoms with Crippen molar-refractivity contribution in [3.05, 3.63) is 59.7 Å². The topological polar surface area (TPSA) is 15.3 Å². The summed E-state index contributed by atoms with van der Waals surface area (Å²) in [6.07, 6.45) is 1.15. The van der Waals surface area contributed by atoms with E-state index in [1.807, 2.05) is 0 Å². The van der Waals surface area contributed by atoms with Crippen molar-refractivity contribution >= 4 is 11.4 Å². The second-order valence-electron chi connectivity index (χ2n) is 4.82. The lowest BCUT2D eigenvalue weighted by atomic mass is 10.1. The number of para-hydroxylation sites is 2. The molecule has 0 atom stereocenters. The smallest absolute Gasteiger partial charge is 0.0446 e. The quantitative estimate of drug-likeness (QED) is 0.882. The first-order chi connectivity index (χ1) is 8.84.